The van der Waals surface area contributed by atoms with Gasteiger partial charge in [0.15, 0.2) is 0 Å². The Morgan fingerprint density at radius 1 is 1.07 bits per heavy atom. The van der Waals surface area contributed by atoms with Crippen LogP contribution >= 0.6 is 0 Å². The standard InChI is InChI=1S/C20H20F2N2O2S/c1-12-7-20-17(5-6-23-12)18-11-15(3-4-19(18)24(20)2)27(25,26)16-9-13(21)8-14(22)10-16/h3-4,8-12,23H,5-7H2,1-2H3. The van der Waals surface area contributed by atoms with E-state index in [2.05, 4.69) is 16.8 Å². The molecule has 142 valence electrons. The van der Waals surface area contributed by atoms with Gasteiger partial charge in [-0.05, 0) is 55.8 Å². The smallest absolute Gasteiger partial charge is 0.206 e. The lowest BCUT2D eigenvalue weighted by Crippen LogP contribution is -2.27. The van der Waals surface area contributed by atoms with Gasteiger partial charge in [-0.15, -0.1) is 0 Å². The van der Waals surface area contributed by atoms with Gasteiger partial charge < -0.3 is 9.88 Å². The van der Waals surface area contributed by atoms with Crippen LogP contribution in [0.15, 0.2) is 46.2 Å². The quantitative estimate of drug-likeness (QED) is 0.730. The largest absolute Gasteiger partial charge is 0.347 e. The predicted octanol–water partition coefficient (Wildman–Crippen LogP) is 3.37. The SMILES string of the molecule is CC1Cc2c(c3cc(S(=O)(=O)c4cc(F)cc(F)c4)ccc3n2C)CCN1. The minimum atomic E-state index is -4.02. The zero-order valence-electron chi connectivity index (χ0n) is 15.1. The number of rotatable bonds is 2. The van der Waals surface area contributed by atoms with Crippen molar-refractivity contribution in [3.05, 3.63) is 59.3 Å². The van der Waals surface area contributed by atoms with Crippen molar-refractivity contribution in [3.8, 4) is 0 Å². The van der Waals surface area contributed by atoms with Crippen molar-refractivity contribution in [2.24, 2.45) is 7.05 Å². The van der Waals surface area contributed by atoms with E-state index in [0.717, 1.165) is 48.0 Å². The summed E-state index contributed by atoms with van der Waals surface area (Å²) in [6, 6.07) is 7.59. The maximum Gasteiger partial charge on any atom is 0.206 e. The Labute approximate surface area is 156 Å². The molecule has 27 heavy (non-hydrogen) atoms. The van der Waals surface area contributed by atoms with Gasteiger partial charge in [-0.3, -0.25) is 0 Å². The second-order valence-electron chi connectivity index (χ2n) is 7.08. The molecule has 1 aliphatic rings. The molecule has 1 unspecified atom stereocenters. The van der Waals surface area contributed by atoms with E-state index in [-0.39, 0.29) is 9.79 Å². The third-order valence-electron chi connectivity index (χ3n) is 5.23. The second kappa shape index (κ2) is 6.42. The molecule has 0 saturated heterocycles. The van der Waals surface area contributed by atoms with Crippen LogP contribution in [-0.4, -0.2) is 25.6 Å². The van der Waals surface area contributed by atoms with Crippen LogP contribution in [0.25, 0.3) is 10.9 Å². The van der Waals surface area contributed by atoms with Crippen molar-refractivity contribution in [2.45, 2.75) is 35.6 Å². The van der Waals surface area contributed by atoms with E-state index in [0.29, 0.717) is 12.1 Å². The Kier molecular flexibility index (Phi) is 4.31. The van der Waals surface area contributed by atoms with E-state index < -0.39 is 21.5 Å². The maximum absolute atomic E-state index is 13.5. The molecule has 2 heterocycles. The maximum atomic E-state index is 13.5. The summed E-state index contributed by atoms with van der Waals surface area (Å²) in [7, 11) is -2.04. The lowest BCUT2D eigenvalue weighted by atomic mass is 10.1. The van der Waals surface area contributed by atoms with Gasteiger partial charge in [-0.25, -0.2) is 17.2 Å². The molecule has 1 atom stereocenters. The number of fused-ring (bicyclic) bond motifs is 3. The third-order valence-corrected chi connectivity index (χ3v) is 6.96. The third kappa shape index (κ3) is 3.04. The Bertz CT molecular complexity index is 1130. The molecule has 4 nitrogen and oxygen atoms in total. The summed E-state index contributed by atoms with van der Waals surface area (Å²) in [6.07, 6.45) is 1.66. The monoisotopic (exact) mass is 390 g/mol. The summed E-state index contributed by atoms with van der Waals surface area (Å²) in [4.78, 5) is -0.338. The summed E-state index contributed by atoms with van der Waals surface area (Å²) in [5.74, 6) is -1.83. The van der Waals surface area contributed by atoms with E-state index in [1.165, 1.54) is 11.8 Å². The van der Waals surface area contributed by atoms with Crippen molar-refractivity contribution >= 4 is 20.7 Å². The minimum Gasteiger partial charge on any atom is -0.347 e. The average molecular weight is 390 g/mol. The van der Waals surface area contributed by atoms with Crippen molar-refractivity contribution in [3.63, 3.8) is 0 Å². The van der Waals surface area contributed by atoms with Gasteiger partial charge in [-0.1, -0.05) is 0 Å². The summed E-state index contributed by atoms with van der Waals surface area (Å²) in [6.45, 7) is 2.94. The molecular formula is C20H20F2N2O2S. The number of aromatic nitrogens is 1. The normalized spacial score (nSPS) is 17.7. The summed E-state index contributed by atoms with van der Waals surface area (Å²) < 4.78 is 55.0. The average Bonchev–Trinajstić information content (AvgIpc) is 2.75. The molecule has 0 saturated carbocycles. The van der Waals surface area contributed by atoms with Crippen molar-refractivity contribution in [1.29, 1.82) is 0 Å². The van der Waals surface area contributed by atoms with E-state index in [1.54, 1.807) is 12.1 Å². The number of aryl methyl sites for hydroxylation is 1. The van der Waals surface area contributed by atoms with Gasteiger partial charge in [0.2, 0.25) is 9.84 Å². The Hall–Kier alpha value is -2.25. The van der Waals surface area contributed by atoms with Crippen LogP contribution in [0.5, 0.6) is 0 Å². The van der Waals surface area contributed by atoms with Gasteiger partial charge in [-0.2, -0.15) is 0 Å². The van der Waals surface area contributed by atoms with Gasteiger partial charge in [0.1, 0.15) is 11.6 Å². The lowest BCUT2D eigenvalue weighted by molar-refractivity contribution is 0.558. The van der Waals surface area contributed by atoms with Crippen LogP contribution < -0.4 is 5.32 Å². The fourth-order valence-electron chi connectivity index (χ4n) is 3.88. The van der Waals surface area contributed by atoms with E-state index >= 15 is 0 Å². The van der Waals surface area contributed by atoms with Crippen LogP contribution in [0, 0.1) is 11.6 Å². The molecule has 0 bridgehead atoms. The zero-order valence-corrected chi connectivity index (χ0v) is 15.9. The molecule has 0 fully saturated rings. The van der Waals surface area contributed by atoms with Gasteiger partial charge in [0.25, 0.3) is 0 Å². The first kappa shape index (κ1) is 18.1. The van der Waals surface area contributed by atoms with Crippen molar-refractivity contribution < 1.29 is 17.2 Å². The topological polar surface area (TPSA) is 51.1 Å². The molecule has 0 spiro atoms. The van der Waals surface area contributed by atoms with E-state index in [1.807, 2.05) is 7.05 Å². The summed E-state index contributed by atoms with van der Waals surface area (Å²) in [5.41, 5.74) is 3.28. The lowest BCUT2D eigenvalue weighted by Gasteiger charge is -2.11. The fraction of sp³-hybridized carbons (Fsp3) is 0.300. The number of hydrogen-bond donors (Lipinski definition) is 1. The molecule has 0 amide bonds. The first-order valence-corrected chi connectivity index (χ1v) is 10.3. The van der Waals surface area contributed by atoms with Crippen LogP contribution in [0.3, 0.4) is 0 Å². The number of nitrogens with zero attached hydrogens (tertiary/aromatic N) is 1. The second-order valence-corrected chi connectivity index (χ2v) is 9.03. The highest BCUT2D eigenvalue weighted by atomic mass is 32.2. The number of nitrogens with one attached hydrogen (secondary N) is 1. The summed E-state index contributed by atoms with van der Waals surface area (Å²) in [5, 5.41) is 4.31. The number of benzene rings is 2. The summed E-state index contributed by atoms with van der Waals surface area (Å²) >= 11 is 0. The van der Waals surface area contributed by atoms with Crippen LogP contribution in [0.2, 0.25) is 0 Å². The van der Waals surface area contributed by atoms with Gasteiger partial charge in [0, 0.05) is 42.2 Å². The number of halogens is 2. The number of hydrogen-bond acceptors (Lipinski definition) is 3. The van der Waals surface area contributed by atoms with Crippen LogP contribution in [0.4, 0.5) is 8.78 Å². The molecule has 2 aromatic carbocycles. The van der Waals surface area contributed by atoms with Gasteiger partial charge >= 0.3 is 0 Å². The highest BCUT2D eigenvalue weighted by Gasteiger charge is 2.24. The highest BCUT2D eigenvalue weighted by molar-refractivity contribution is 7.91. The first-order valence-electron chi connectivity index (χ1n) is 8.82. The van der Waals surface area contributed by atoms with Crippen molar-refractivity contribution in [2.75, 3.05) is 6.54 Å². The highest BCUT2D eigenvalue weighted by Crippen LogP contribution is 2.32. The van der Waals surface area contributed by atoms with E-state index in [9.17, 15) is 17.2 Å². The van der Waals surface area contributed by atoms with Crippen molar-refractivity contribution in [1.82, 2.24) is 9.88 Å². The molecule has 1 aromatic heterocycles. The van der Waals surface area contributed by atoms with Gasteiger partial charge in [0.05, 0.1) is 9.79 Å². The molecule has 1 aliphatic heterocycles. The predicted molar refractivity (Wildman–Crippen MR) is 99.6 cm³/mol. The molecule has 1 N–H and O–H groups in total. The first-order chi connectivity index (χ1) is 12.8. The zero-order chi connectivity index (χ0) is 19.3. The van der Waals surface area contributed by atoms with E-state index in [4.69, 9.17) is 0 Å². The molecule has 3 aromatic rings. The molecule has 0 radical (unpaired) electrons. The Morgan fingerprint density at radius 3 is 2.48 bits per heavy atom. The van der Waals surface area contributed by atoms with Crippen LogP contribution in [0.1, 0.15) is 18.2 Å². The Morgan fingerprint density at radius 2 is 1.78 bits per heavy atom. The van der Waals surface area contributed by atoms with Crippen LogP contribution in [-0.2, 0) is 29.7 Å². The Balaban J connectivity index is 1.90. The number of sulfone groups is 1. The molecular weight excluding hydrogens is 370 g/mol. The molecule has 7 heteroatoms. The minimum absolute atomic E-state index is 0.0404. The molecule has 4 rings (SSSR count). The fourth-order valence-corrected chi connectivity index (χ4v) is 5.21. The molecule has 0 aliphatic carbocycles.